The third-order valence-corrected chi connectivity index (χ3v) is 8.91. The zero-order valence-electron chi connectivity index (χ0n) is 22.6. The number of ether oxygens (including phenoxy) is 2. The highest BCUT2D eigenvalue weighted by atomic mass is 79.9. The molecule has 42 heavy (non-hydrogen) atoms. The Hall–Kier alpha value is -3.57. The predicted molar refractivity (Wildman–Crippen MR) is 169 cm³/mol. The lowest BCUT2D eigenvalue weighted by Crippen LogP contribution is -2.39. The van der Waals surface area contributed by atoms with Crippen LogP contribution in [-0.2, 0) is 21.4 Å². The molecule has 0 aromatic heterocycles. The minimum atomic E-state index is -4.02. The maximum atomic E-state index is 13.5. The Morgan fingerprint density at radius 2 is 1.79 bits per heavy atom. The number of hydrazone groups is 1. The lowest BCUT2D eigenvalue weighted by Gasteiger charge is -2.24. The molecule has 8 nitrogen and oxygen atoms in total. The Bertz CT molecular complexity index is 1720. The Balaban J connectivity index is 1.48. The van der Waals surface area contributed by atoms with Gasteiger partial charge in [0.1, 0.15) is 13.2 Å². The van der Waals surface area contributed by atoms with Crippen molar-refractivity contribution in [3.8, 4) is 11.5 Å². The molecule has 0 unspecified atom stereocenters. The number of aryl methyl sites for hydroxylation is 1. The van der Waals surface area contributed by atoms with Gasteiger partial charge in [0, 0.05) is 15.6 Å². The van der Waals surface area contributed by atoms with Gasteiger partial charge >= 0.3 is 0 Å². The first-order valence-corrected chi connectivity index (χ1v) is 15.5. The molecule has 0 spiro atoms. The lowest BCUT2D eigenvalue weighted by atomic mass is 10.2. The molecule has 218 valence electrons. The molecule has 0 atom stereocenters. The fourth-order valence-electron chi connectivity index (χ4n) is 3.91. The highest BCUT2D eigenvalue weighted by molar-refractivity contribution is 9.10. The Kier molecular flexibility index (Phi) is 10.5. The number of carbonyl (C=O) groups is 1. The number of hydrogen-bond acceptors (Lipinski definition) is 6. The number of methoxy groups -OCH3 is 1. The van der Waals surface area contributed by atoms with Gasteiger partial charge in [-0.1, -0.05) is 59.6 Å². The molecule has 0 aliphatic carbocycles. The van der Waals surface area contributed by atoms with E-state index in [1.807, 2.05) is 13.0 Å². The van der Waals surface area contributed by atoms with Gasteiger partial charge in [-0.25, -0.2) is 13.8 Å². The summed E-state index contributed by atoms with van der Waals surface area (Å²) in [6.07, 6.45) is 1.41. The largest absolute Gasteiger partial charge is 0.493 e. The van der Waals surface area contributed by atoms with E-state index in [0.29, 0.717) is 37.3 Å². The van der Waals surface area contributed by atoms with E-state index < -0.39 is 22.5 Å². The number of anilines is 1. The highest BCUT2D eigenvalue weighted by Crippen LogP contribution is 2.37. The number of hydrogen-bond donors (Lipinski definition) is 1. The summed E-state index contributed by atoms with van der Waals surface area (Å²) in [6, 6.07) is 23.4. The van der Waals surface area contributed by atoms with E-state index in [9.17, 15) is 13.2 Å². The van der Waals surface area contributed by atoms with Gasteiger partial charge in [-0.15, -0.1) is 0 Å². The Labute approximate surface area is 263 Å². The van der Waals surface area contributed by atoms with E-state index in [0.717, 1.165) is 15.4 Å². The van der Waals surface area contributed by atoms with Crippen molar-refractivity contribution in [1.82, 2.24) is 5.43 Å². The zero-order chi connectivity index (χ0) is 30.3. The van der Waals surface area contributed by atoms with E-state index in [-0.39, 0.29) is 11.5 Å². The third kappa shape index (κ3) is 7.83. The molecule has 0 bridgehead atoms. The second-order valence-corrected chi connectivity index (χ2v) is 12.6. The van der Waals surface area contributed by atoms with Gasteiger partial charge in [0.2, 0.25) is 0 Å². The maximum absolute atomic E-state index is 13.5. The van der Waals surface area contributed by atoms with Crippen LogP contribution in [0.5, 0.6) is 11.5 Å². The van der Waals surface area contributed by atoms with Crippen LogP contribution in [0, 0.1) is 6.92 Å². The van der Waals surface area contributed by atoms with Gasteiger partial charge in [0.15, 0.2) is 11.5 Å². The SMILES string of the molecule is COc1cc(/C=N\NC(=O)CN(c2cccc(C)c2)S(=O)(=O)c2ccccc2)cc(Br)c1OCc1ccc(Cl)cc1Cl. The number of amides is 1. The second-order valence-electron chi connectivity index (χ2n) is 9.02. The first-order valence-electron chi connectivity index (χ1n) is 12.5. The van der Waals surface area contributed by atoms with Gasteiger partial charge in [-0.2, -0.15) is 5.10 Å². The molecule has 0 heterocycles. The fourth-order valence-corrected chi connectivity index (χ4v) is 6.38. The number of halogens is 3. The van der Waals surface area contributed by atoms with E-state index in [4.69, 9.17) is 32.7 Å². The molecule has 0 fully saturated rings. The van der Waals surface area contributed by atoms with Crippen LogP contribution >= 0.6 is 39.1 Å². The second kappa shape index (κ2) is 14.1. The zero-order valence-corrected chi connectivity index (χ0v) is 26.5. The van der Waals surface area contributed by atoms with Crippen molar-refractivity contribution in [3.05, 3.63) is 116 Å². The first-order chi connectivity index (χ1) is 20.1. The molecule has 0 saturated carbocycles. The maximum Gasteiger partial charge on any atom is 0.264 e. The van der Waals surface area contributed by atoms with Crippen molar-refractivity contribution in [2.24, 2.45) is 5.10 Å². The van der Waals surface area contributed by atoms with Crippen LogP contribution in [0.15, 0.2) is 99.4 Å². The molecule has 0 radical (unpaired) electrons. The summed E-state index contributed by atoms with van der Waals surface area (Å²) in [5, 5.41) is 5.03. The van der Waals surface area contributed by atoms with Crippen molar-refractivity contribution in [1.29, 1.82) is 0 Å². The van der Waals surface area contributed by atoms with Crippen molar-refractivity contribution < 1.29 is 22.7 Å². The molecule has 4 aromatic rings. The predicted octanol–water partition coefficient (Wildman–Crippen LogP) is 7.00. The van der Waals surface area contributed by atoms with Gasteiger partial charge in [-0.3, -0.25) is 9.10 Å². The molecule has 0 aliphatic rings. The highest BCUT2D eigenvalue weighted by Gasteiger charge is 2.27. The molecular formula is C30H26BrCl2N3O5S. The average Bonchev–Trinajstić information content (AvgIpc) is 2.96. The quantitative estimate of drug-likeness (QED) is 0.135. The normalized spacial score (nSPS) is 11.4. The van der Waals surface area contributed by atoms with E-state index in [2.05, 4.69) is 26.5 Å². The van der Waals surface area contributed by atoms with Crippen molar-refractivity contribution in [2.75, 3.05) is 18.0 Å². The van der Waals surface area contributed by atoms with E-state index >= 15 is 0 Å². The van der Waals surface area contributed by atoms with E-state index in [1.54, 1.807) is 66.7 Å². The summed E-state index contributed by atoms with van der Waals surface area (Å²) in [5.74, 6) is 0.240. The number of carbonyl (C=O) groups excluding carboxylic acids is 1. The van der Waals surface area contributed by atoms with Gasteiger partial charge in [-0.05, 0) is 82.5 Å². The van der Waals surface area contributed by atoms with Crippen molar-refractivity contribution >= 4 is 67.0 Å². The van der Waals surface area contributed by atoms with Crippen molar-refractivity contribution in [2.45, 2.75) is 18.4 Å². The molecule has 4 rings (SSSR count). The summed E-state index contributed by atoms with van der Waals surface area (Å²) < 4.78 is 40.0. The number of nitrogens with zero attached hydrogens (tertiary/aromatic N) is 2. The van der Waals surface area contributed by atoms with Crippen LogP contribution in [0.2, 0.25) is 10.0 Å². The van der Waals surface area contributed by atoms with Crippen LogP contribution in [0.25, 0.3) is 0 Å². The molecule has 0 aliphatic heterocycles. The molecule has 1 N–H and O–H groups in total. The monoisotopic (exact) mass is 689 g/mol. The van der Waals surface area contributed by atoms with Gasteiger partial charge < -0.3 is 9.47 Å². The van der Waals surface area contributed by atoms with Gasteiger partial charge in [0.25, 0.3) is 15.9 Å². The lowest BCUT2D eigenvalue weighted by molar-refractivity contribution is -0.119. The fraction of sp³-hybridized carbons (Fsp3) is 0.133. The summed E-state index contributed by atoms with van der Waals surface area (Å²) in [5.41, 5.74) is 4.96. The van der Waals surface area contributed by atoms with Crippen LogP contribution in [0.3, 0.4) is 0 Å². The molecule has 4 aromatic carbocycles. The minimum absolute atomic E-state index is 0.0698. The Morgan fingerprint density at radius 1 is 1.02 bits per heavy atom. The summed E-state index contributed by atoms with van der Waals surface area (Å²) in [7, 11) is -2.52. The smallest absolute Gasteiger partial charge is 0.264 e. The van der Waals surface area contributed by atoms with Crippen LogP contribution in [0.1, 0.15) is 16.7 Å². The number of sulfonamides is 1. The Morgan fingerprint density at radius 3 is 2.48 bits per heavy atom. The number of benzene rings is 4. The summed E-state index contributed by atoms with van der Waals surface area (Å²) in [6.45, 7) is 1.54. The first kappa shape index (κ1) is 31.4. The summed E-state index contributed by atoms with van der Waals surface area (Å²) >= 11 is 15.7. The van der Waals surface area contributed by atoms with Crippen molar-refractivity contribution in [3.63, 3.8) is 0 Å². The topological polar surface area (TPSA) is 97.3 Å². The molecular weight excluding hydrogens is 665 g/mol. The molecule has 0 saturated heterocycles. The number of nitrogens with one attached hydrogen (secondary N) is 1. The van der Waals surface area contributed by atoms with E-state index in [1.165, 1.54) is 25.5 Å². The van der Waals surface area contributed by atoms with Crippen LogP contribution in [0.4, 0.5) is 5.69 Å². The minimum Gasteiger partial charge on any atom is -0.493 e. The molecule has 1 amide bonds. The summed E-state index contributed by atoms with van der Waals surface area (Å²) in [4.78, 5) is 13.0. The standard InChI is InChI=1S/C30H26BrCl2N3O5S/c1-20-7-6-8-24(13-20)36(42(38,39)25-9-4-3-5-10-25)18-29(37)35-34-17-21-14-26(31)30(28(15-21)40-2)41-19-22-11-12-23(32)16-27(22)33/h3-17H,18-19H2,1-2H3,(H,35,37)/b34-17-. The third-order valence-electron chi connectivity index (χ3n) is 5.95. The van der Waals surface area contributed by atoms with Crippen LogP contribution in [-0.4, -0.2) is 34.2 Å². The van der Waals surface area contributed by atoms with Gasteiger partial charge in [0.05, 0.1) is 28.4 Å². The molecule has 12 heteroatoms. The van der Waals surface area contributed by atoms with Crippen LogP contribution < -0.4 is 19.2 Å². The number of rotatable bonds is 11. The average molecular weight is 691 g/mol.